The molecule has 1 heterocycles. The number of fused-ring (bicyclic) bond motifs is 1. The van der Waals surface area contributed by atoms with Crippen LogP contribution in [0.4, 0.5) is 0 Å². The molecule has 0 aliphatic carbocycles. The second kappa shape index (κ2) is 5.78. The molecule has 3 aromatic rings. The van der Waals surface area contributed by atoms with Crippen molar-refractivity contribution in [3.63, 3.8) is 0 Å². The maximum atomic E-state index is 3.47. The molecular weight excluding hydrogens is 262 g/mol. The second-order valence-electron chi connectivity index (χ2n) is 5.22. The molecule has 1 unspecified atom stereocenters. The third kappa shape index (κ3) is 2.62. The summed E-state index contributed by atoms with van der Waals surface area (Å²) in [6.07, 6.45) is 1.02. The molecule has 0 radical (unpaired) electrons. The van der Waals surface area contributed by atoms with Crippen LogP contribution < -0.4 is 5.32 Å². The van der Waals surface area contributed by atoms with Gasteiger partial charge in [0.1, 0.15) is 0 Å². The third-order valence-electron chi connectivity index (χ3n) is 3.79. The van der Waals surface area contributed by atoms with E-state index in [1.165, 1.54) is 26.8 Å². The van der Waals surface area contributed by atoms with Crippen molar-refractivity contribution >= 4 is 21.4 Å². The third-order valence-corrected chi connectivity index (χ3v) is 4.77. The molecule has 0 bridgehead atoms. The molecule has 20 heavy (non-hydrogen) atoms. The monoisotopic (exact) mass is 281 g/mol. The van der Waals surface area contributed by atoms with Gasteiger partial charge in [0.2, 0.25) is 0 Å². The average molecular weight is 281 g/mol. The highest BCUT2D eigenvalue weighted by atomic mass is 32.1. The number of benzene rings is 2. The Morgan fingerprint density at radius 2 is 1.85 bits per heavy atom. The summed E-state index contributed by atoms with van der Waals surface area (Å²) in [4.78, 5) is 0. The molecule has 0 aliphatic heterocycles. The first-order valence-electron chi connectivity index (χ1n) is 6.97. The number of hydrogen-bond acceptors (Lipinski definition) is 2. The summed E-state index contributed by atoms with van der Waals surface area (Å²) in [5, 5.41) is 6.99. The number of rotatable bonds is 4. The fraction of sp³-hybridized carbons (Fsp3) is 0.222. The highest BCUT2D eigenvalue weighted by Gasteiger charge is 2.13. The van der Waals surface area contributed by atoms with Crippen LogP contribution in [0.2, 0.25) is 0 Å². The van der Waals surface area contributed by atoms with Gasteiger partial charge in [-0.05, 0) is 48.4 Å². The molecule has 1 aromatic heterocycles. The lowest BCUT2D eigenvalue weighted by Crippen LogP contribution is -2.18. The van der Waals surface area contributed by atoms with E-state index in [0.717, 1.165) is 6.42 Å². The first-order valence-corrected chi connectivity index (χ1v) is 7.85. The Kier molecular flexibility index (Phi) is 3.86. The van der Waals surface area contributed by atoms with Crippen LogP contribution in [0.1, 0.15) is 22.7 Å². The van der Waals surface area contributed by atoms with Crippen LogP contribution in [0.5, 0.6) is 0 Å². The smallest absolute Gasteiger partial charge is 0.0390 e. The number of aryl methyl sites for hydroxylation is 1. The van der Waals surface area contributed by atoms with E-state index < -0.39 is 0 Å². The van der Waals surface area contributed by atoms with Crippen molar-refractivity contribution in [3.05, 3.63) is 70.6 Å². The molecule has 0 saturated heterocycles. The minimum absolute atomic E-state index is 0.361. The highest BCUT2D eigenvalue weighted by molar-refractivity contribution is 7.17. The fourth-order valence-corrected chi connectivity index (χ4v) is 3.59. The molecule has 1 atom stereocenters. The highest BCUT2D eigenvalue weighted by Crippen LogP contribution is 2.30. The molecule has 0 fully saturated rings. The van der Waals surface area contributed by atoms with Gasteiger partial charge in [-0.25, -0.2) is 0 Å². The maximum absolute atomic E-state index is 3.47. The van der Waals surface area contributed by atoms with Crippen molar-refractivity contribution in [1.82, 2.24) is 5.32 Å². The summed E-state index contributed by atoms with van der Waals surface area (Å²) in [6.45, 7) is 2.13. The Hall–Kier alpha value is -1.64. The average Bonchev–Trinajstić information content (AvgIpc) is 2.95. The molecular formula is C18H19NS. The SMILES string of the molecule is CNC(Cc1ccc(C)cc1)c1cccc2ccsc12. The Bertz CT molecular complexity index is 697. The van der Waals surface area contributed by atoms with Gasteiger partial charge < -0.3 is 5.32 Å². The fourth-order valence-electron chi connectivity index (χ4n) is 2.62. The topological polar surface area (TPSA) is 12.0 Å². The zero-order valence-electron chi connectivity index (χ0n) is 11.9. The first kappa shape index (κ1) is 13.3. The molecule has 0 amide bonds. The Morgan fingerprint density at radius 1 is 1.05 bits per heavy atom. The molecule has 0 aliphatic rings. The summed E-state index contributed by atoms with van der Waals surface area (Å²) < 4.78 is 1.40. The quantitative estimate of drug-likeness (QED) is 0.730. The van der Waals surface area contributed by atoms with Gasteiger partial charge in [0.25, 0.3) is 0 Å². The molecule has 0 spiro atoms. The molecule has 1 N–H and O–H groups in total. The molecule has 3 rings (SSSR count). The molecule has 102 valence electrons. The zero-order chi connectivity index (χ0) is 13.9. The second-order valence-corrected chi connectivity index (χ2v) is 6.13. The Labute approximate surface area is 124 Å². The van der Waals surface area contributed by atoms with Gasteiger partial charge in [0, 0.05) is 10.7 Å². The number of likely N-dealkylation sites (N-methyl/N-ethyl adjacent to an activating group) is 1. The zero-order valence-corrected chi connectivity index (χ0v) is 12.7. The van der Waals surface area contributed by atoms with Crippen molar-refractivity contribution in [1.29, 1.82) is 0 Å². The van der Waals surface area contributed by atoms with Crippen molar-refractivity contribution in [2.45, 2.75) is 19.4 Å². The van der Waals surface area contributed by atoms with Gasteiger partial charge in [0.05, 0.1) is 0 Å². The van der Waals surface area contributed by atoms with E-state index in [-0.39, 0.29) is 0 Å². The predicted octanol–water partition coefficient (Wildman–Crippen LogP) is 4.71. The van der Waals surface area contributed by atoms with Crippen LogP contribution in [-0.2, 0) is 6.42 Å². The lowest BCUT2D eigenvalue weighted by atomic mass is 9.97. The summed E-state index contributed by atoms with van der Waals surface area (Å²) >= 11 is 1.83. The van der Waals surface area contributed by atoms with E-state index >= 15 is 0 Å². The minimum Gasteiger partial charge on any atom is -0.313 e. The van der Waals surface area contributed by atoms with E-state index in [1.807, 2.05) is 18.4 Å². The Morgan fingerprint density at radius 3 is 2.60 bits per heavy atom. The van der Waals surface area contributed by atoms with Gasteiger partial charge in [-0.2, -0.15) is 0 Å². The van der Waals surface area contributed by atoms with Crippen LogP contribution >= 0.6 is 11.3 Å². The van der Waals surface area contributed by atoms with Gasteiger partial charge in [-0.15, -0.1) is 11.3 Å². The number of hydrogen-bond donors (Lipinski definition) is 1. The van der Waals surface area contributed by atoms with Crippen LogP contribution in [-0.4, -0.2) is 7.05 Å². The molecule has 2 heteroatoms. The van der Waals surface area contributed by atoms with Crippen LogP contribution in [0, 0.1) is 6.92 Å². The van der Waals surface area contributed by atoms with E-state index in [4.69, 9.17) is 0 Å². The first-order chi connectivity index (χ1) is 9.78. The van der Waals surface area contributed by atoms with Gasteiger partial charge in [-0.3, -0.25) is 0 Å². The van der Waals surface area contributed by atoms with Crippen LogP contribution in [0.3, 0.4) is 0 Å². The van der Waals surface area contributed by atoms with Gasteiger partial charge in [0.15, 0.2) is 0 Å². The standard InChI is InChI=1S/C18H19NS/c1-13-6-8-14(9-7-13)12-17(19-2)16-5-3-4-15-10-11-20-18(15)16/h3-11,17,19H,12H2,1-2H3. The van der Waals surface area contributed by atoms with Crippen molar-refractivity contribution in [3.8, 4) is 0 Å². The van der Waals surface area contributed by atoms with E-state index in [0.29, 0.717) is 6.04 Å². The summed E-state index contributed by atoms with van der Waals surface area (Å²) in [6, 6.07) is 18.0. The van der Waals surface area contributed by atoms with Crippen LogP contribution in [0.15, 0.2) is 53.9 Å². The summed E-state index contributed by atoms with van der Waals surface area (Å²) in [7, 11) is 2.05. The van der Waals surface area contributed by atoms with Gasteiger partial charge >= 0.3 is 0 Å². The van der Waals surface area contributed by atoms with E-state index in [1.54, 1.807) is 0 Å². The normalized spacial score (nSPS) is 12.7. The van der Waals surface area contributed by atoms with Crippen LogP contribution in [0.25, 0.3) is 10.1 Å². The maximum Gasteiger partial charge on any atom is 0.0390 e. The largest absolute Gasteiger partial charge is 0.313 e. The molecule has 2 aromatic carbocycles. The molecule has 1 nitrogen and oxygen atoms in total. The minimum atomic E-state index is 0.361. The Balaban J connectivity index is 1.93. The lowest BCUT2D eigenvalue weighted by molar-refractivity contribution is 0.597. The van der Waals surface area contributed by atoms with Crippen molar-refractivity contribution in [2.75, 3.05) is 7.05 Å². The van der Waals surface area contributed by atoms with E-state index in [2.05, 4.69) is 66.2 Å². The lowest BCUT2D eigenvalue weighted by Gasteiger charge is -2.18. The van der Waals surface area contributed by atoms with E-state index in [9.17, 15) is 0 Å². The summed E-state index contributed by atoms with van der Waals surface area (Å²) in [5.41, 5.74) is 4.10. The number of thiophene rings is 1. The molecule has 0 saturated carbocycles. The summed E-state index contributed by atoms with van der Waals surface area (Å²) in [5.74, 6) is 0. The number of nitrogens with one attached hydrogen (secondary N) is 1. The van der Waals surface area contributed by atoms with Crippen molar-refractivity contribution < 1.29 is 0 Å². The van der Waals surface area contributed by atoms with Crippen molar-refractivity contribution in [2.24, 2.45) is 0 Å². The predicted molar refractivity (Wildman–Crippen MR) is 88.5 cm³/mol. The van der Waals surface area contributed by atoms with Gasteiger partial charge in [-0.1, -0.05) is 48.0 Å².